The molecule has 0 spiro atoms. The molecule has 0 aromatic carbocycles. The molecule has 1 amide bonds. The van der Waals surface area contributed by atoms with Crippen LogP contribution in [-0.4, -0.2) is 26.1 Å². The van der Waals surface area contributed by atoms with Gasteiger partial charge in [-0.05, 0) is 26.0 Å². The van der Waals surface area contributed by atoms with Gasteiger partial charge in [0.1, 0.15) is 4.32 Å². The maximum absolute atomic E-state index is 12.1. The topological polar surface area (TPSA) is 63.5 Å². The van der Waals surface area contributed by atoms with Gasteiger partial charge in [0.25, 0.3) is 5.91 Å². The van der Waals surface area contributed by atoms with Crippen LogP contribution in [0.3, 0.4) is 0 Å². The molecule has 1 aliphatic heterocycles. The van der Waals surface area contributed by atoms with Gasteiger partial charge < -0.3 is 0 Å². The highest BCUT2D eigenvalue weighted by Gasteiger charge is 2.33. The lowest BCUT2D eigenvalue weighted by atomic mass is 10.3. The molecule has 1 aliphatic rings. The van der Waals surface area contributed by atoms with Crippen LogP contribution in [0, 0.1) is 10.1 Å². The number of hydrogen-bond donors (Lipinski definition) is 0. The van der Waals surface area contributed by atoms with Crippen molar-refractivity contribution >= 4 is 56.6 Å². The Labute approximate surface area is 123 Å². The molecule has 2 heterocycles. The second-order valence-corrected chi connectivity index (χ2v) is 6.85. The molecule has 100 valence electrons. The van der Waals surface area contributed by atoms with Gasteiger partial charge in [-0.25, -0.2) is 0 Å². The third-order valence-electron chi connectivity index (χ3n) is 2.41. The molecule has 0 atom stereocenters. The minimum atomic E-state index is -0.443. The molecule has 2 rings (SSSR count). The summed E-state index contributed by atoms with van der Waals surface area (Å²) in [5.41, 5.74) is 0. The van der Waals surface area contributed by atoms with Crippen molar-refractivity contribution in [3.05, 3.63) is 32.0 Å². The number of carbonyl (C=O) groups is 1. The molecular formula is C11H10N2O3S3. The number of nitro groups is 1. The maximum Gasteiger partial charge on any atom is 0.324 e. The number of carbonyl (C=O) groups excluding carboxylic acids is 1. The van der Waals surface area contributed by atoms with E-state index in [2.05, 4.69) is 0 Å². The summed E-state index contributed by atoms with van der Waals surface area (Å²) in [6.45, 7) is 3.79. The molecule has 0 N–H and O–H groups in total. The highest BCUT2D eigenvalue weighted by Crippen LogP contribution is 2.35. The Kier molecular flexibility index (Phi) is 4.02. The molecule has 1 saturated heterocycles. The zero-order chi connectivity index (χ0) is 14.2. The van der Waals surface area contributed by atoms with Gasteiger partial charge in [0.15, 0.2) is 0 Å². The average Bonchev–Trinajstić information content (AvgIpc) is 2.85. The van der Waals surface area contributed by atoms with Crippen LogP contribution in [0.15, 0.2) is 17.0 Å². The van der Waals surface area contributed by atoms with Gasteiger partial charge in [-0.3, -0.25) is 19.8 Å². The Hall–Kier alpha value is -1.25. The first-order chi connectivity index (χ1) is 8.90. The molecule has 0 bridgehead atoms. The van der Waals surface area contributed by atoms with E-state index in [0.717, 1.165) is 11.3 Å². The Morgan fingerprint density at radius 2 is 2.16 bits per heavy atom. The molecule has 1 aromatic heterocycles. The van der Waals surface area contributed by atoms with Crippen LogP contribution in [0.1, 0.15) is 18.7 Å². The predicted octanol–water partition coefficient (Wildman–Crippen LogP) is 3.27. The number of thiocarbonyl (C=S) groups is 1. The standard InChI is InChI=1S/C11H10N2O3S3/c1-6(2)12-10(14)8(19-11(12)17)5-7-3-4-9(18-7)13(15)16/h3-6H,1-2H3/b8-5-. The van der Waals surface area contributed by atoms with Crippen LogP contribution < -0.4 is 0 Å². The van der Waals surface area contributed by atoms with Crippen molar-refractivity contribution in [1.82, 2.24) is 4.90 Å². The Balaban J connectivity index is 2.27. The molecule has 0 saturated carbocycles. The van der Waals surface area contributed by atoms with Crippen LogP contribution in [-0.2, 0) is 4.79 Å². The first-order valence-electron chi connectivity index (χ1n) is 5.41. The van der Waals surface area contributed by atoms with E-state index in [9.17, 15) is 14.9 Å². The molecule has 5 nitrogen and oxygen atoms in total. The zero-order valence-electron chi connectivity index (χ0n) is 10.2. The summed E-state index contributed by atoms with van der Waals surface area (Å²) in [7, 11) is 0. The van der Waals surface area contributed by atoms with Crippen molar-refractivity contribution in [1.29, 1.82) is 0 Å². The molecule has 19 heavy (non-hydrogen) atoms. The molecule has 0 aliphatic carbocycles. The van der Waals surface area contributed by atoms with E-state index in [1.807, 2.05) is 13.8 Å². The summed E-state index contributed by atoms with van der Waals surface area (Å²) < 4.78 is 0.525. The van der Waals surface area contributed by atoms with Crippen molar-refractivity contribution in [2.24, 2.45) is 0 Å². The molecular weight excluding hydrogens is 304 g/mol. The Bertz CT molecular complexity index is 592. The van der Waals surface area contributed by atoms with Crippen LogP contribution in [0.2, 0.25) is 0 Å². The lowest BCUT2D eigenvalue weighted by Gasteiger charge is -2.18. The smallest absolute Gasteiger partial charge is 0.290 e. The second kappa shape index (κ2) is 5.40. The summed E-state index contributed by atoms with van der Waals surface area (Å²) in [5.74, 6) is -0.138. The Morgan fingerprint density at radius 1 is 1.47 bits per heavy atom. The van der Waals surface area contributed by atoms with E-state index in [1.54, 1.807) is 17.0 Å². The van der Waals surface area contributed by atoms with Gasteiger partial charge in [0, 0.05) is 17.0 Å². The summed E-state index contributed by atoms with van der Waals surface area (Å²) in [4.78, 5) is 25.0. The second-order valence-electron chi connectivity index (χ2n) is 4.08. The number of thioether (sulfide) groups is 1. The highest BCUT2D eigenvalue weighted by atomic mass is 32.2. The molecule has 0 radical (unpaired) electrons. The van der Waals surface area contributed by atoms with Crippen molar-refractivity contribution in [2.45, 2.75) is 19.9 Å². The number of amides is 1. The van der Waals surface area contributed by atoms with Gasteiger partial charge in [-0.2, -0.15) is 0 Å². The first-order valence-corrected chi connectivity index (χ1v) is 7.45. The van der Waals surface area contributed by atoms with Gasteiger partial charge in [0.2, 0.25) is 0 Å². The lowest BCUT2D eigenvalue weighted by molar-refractivity contribution is -0.380. The van der Waals surface area contributed by atoms with E-state index in [0.29, 0.717) is 14.1 Å². The molecule has 1 aromatic rings. The predicted molar refractivity (Wildman–Crippen MR) is 81.1 cm³/mol. The van der Waals surface area contributed by atoms with E-state index in [-0.39, 0.29) is 17.0 Å². The van der Waals surface area contributed by atoms with Crippen LogP contribution in [0.25, 0.3) is 6.08 Å². The fraction of sp³-hybridized carbons (Fsp3) is 0.273. The van der Waals surface area contributed by atoms with Crippen LogP contribution in [0.4, 0.5) is 5.00 Å². The first kappa shape index (κ1) is 14.2. The maximum atomic E-state index is 12.1. The Morgan fingerprint density at radius 3 is 2.63 bits per heavy atom. The van der Waals surface area contributed by atoms with Crippen molar-refractivity contribution < 1.29 is 9.72 Å². The highest BCUT2D eigenvalue weighted by molar-refractivity contribution is 8.26. The van der Waals surface area contributed by atoms with Crippen LogP contribution >= 0.6 is 35.3 Å². The SMILES string of the molecule is CC(C)N1C(=O)/C(=C/c2ccc([N+](=O)[O-])s2)SC1=S. The minimum absolute atomic E-state index is 0.0103. The fourth-order valence-corrected chi connectivity index (χ4v) is 3.93. The van der Waals surface area contributed by atoms with Crippen LogP contribution in [0.5, 0.6) is 0 Å². The van der Waals surface area contributed by atoms with E-state index >= 15 is 0 Å². The molecule has 0 unspecified atom stereocenters. The number of thiophene rings is 1. The van der Waals surface area contributed by atoms with Gasteiger partial charge >= 0.3 is 5.00 Å². The normalized spacial score (nSPS) is 17.8. The van der Waals surface area contributed by atoms with Crippen molar-refractivity contribution in [3.63, 3.8) is 0 Å². The zero-order valence-corrected chi connectivity index (χ0v) is 12.6. The van der Waals surface area contributed by atoms with E-state index in [4.69, 9.17) is 12.2 Å². The molecule has 1 fully saturated rings. The fourth-order valence-electron chi connectivity index (χ4n) is 1.57. The summed E-state index contributed by atoms with van der Waals surface area (Å²) in [5, 5.41) is 10.7. The third kappa shape index (κ3) is 2.85. The summed E-state index contributed by atoms with van der Waals surface area (Å²) >= 11 is 7.42. The summed E-state index contributed by atoms with van der Waals surface area (Å²) in [6, 6.07) is 3.07. The summed E-state index contributed by atoms with van der Waals surface area (Å²) in [6.07, 6.45) is 1.65. The largest absolute Gasteiger partial charge is 0.324 e. The van der Waals surface area contributed by atoms with Gasteiger partial charge in [-0.1, -0.05) is 35.3 Å². The molecule has 8 heteroatoms. The number of hydrogen-bond acceptors (Lipinski definition) is 6. The number of rotatable bonds is 3. The third-order valence-corrected chi connectivity index (χ3v) is 4.72. The van der Waals surface area contributed by atoms with Crippen molar-refractivity contribution in [2.75, 3.05) is 0 Å². The van der Waals surface area contributed by atoms with E-state index in [1.165, 1.54) is 17.8 Å². The quantitative estimate of drug-likeness (QED) is 0.371. The van der Waals surface area contributed by atoms with E-state index < -0.39 is 4.92 Å². The minimum Gasteiger partial charge on any atom is -0.290 e. The average molecular weight is 314 g/mol. The van der Waals surface area contributed by atoms with Crippen molar-refractivity contribution in [3.8, 4) is 0 Å². The monoisotopic (exact) mass is 314 g/mol. The lowest BCUT2D eigenvalue weighted by Crippen LogP contribution is -2.34. The number of nitrogens with zero attached hydrogens (tertiary/aromatic N) is 2. The van der Waals surface area contributed by atoms with Gasteiger partial charge in [-0.15, -0.1) is 0 Å². The van der Waals surface area contributed by atoms with Gasteiger partial charge in [0.05, 0.1) is 9.83 Å².